The number of carbonyl (C=O) groups is 2. The van der Waals surface area contributed by atoms with Gasteiger partial charge in [0.25, 0.3) is 0 Å². The molecule has 0 bridgehead atoms. The smallest absolute Gasteiger partial charge is 0.311 e. The number of hydrogen-bond donors (Lipinski definition) is 0. The van der Waals surface area contributed by atoms with Crippen LogP contribution in [0.2, 0.25) is 5.02 Å². The lowest BCUT2D eigenvalue weighted by atomic mass is 10.1. The summed E-state index contributed by atoms with van der Waals surface area (Å²) in [6.07, 6.45) is 2.93. The largest absolute Gasteiger partial charge is 0.469 e. The molecule has 1 aliphatic rings. The molecular weight excluding hydrogens is 246 g/mol. The Morgan fingerprint density at radius 1 is 1.53 bits per heavy atom. The van der Waals surface area contributed by atoms with Crippen molar-refractivity contribution in [2.24, 2.45) is 5.92 Å². The fourth-order valence-corrected chi connectivity index (χ4v) is 1.77. The highest BCUT2D eigenvalue weighted by atomic mass is 35.5. The molecule has 1 aliphatic heterocycles. The van der Waals surface area contributed by atoms with E-state index in [1.807, 2.05) is 0 Å². The minimum Gasteiger partial charge on any atom is -0.469 e. The van der Waals surface area contributed by atoms with Crippen molar-refractivity contribution in [2.45, 2.75) is 6.42 Å². The van der Waals surface area contributed by atoms with Crippen LogP contribution in [0.4, 0.5) is 5.95 Å². The number of halogens is 1. The molecule has 1 aromatic rings. The third kappa shape index (κ3) is 2.36. The normalized spacial score (nSPS) is 19.5. The second kappa shape index (κ2) is 4.67. The van der Waals surface area contributed by atoms with E-state index in [0.29, 0.717) is 5.02 Å². The summed E-state index contributed by atoms with van der Waals surface area (Å²) in [5.41, 5.74) is 0. The minimum absolute atomic E-state index is 0.124. The zero-order chi connectivity index (χ0) is 12.4. The molecule has 7 heteroatoms. The van der Waals surface area contributed by atoms with Gasteiger partial charge in [0.2, 0.25) is 11.9 Å². The van der Waals surface area contributed by atoms with E-state index < -0.39 is 11.9 Å². The van der Waals surface area contributed by atoms with Crippen molar-refractivity contribution in [2.75, 3.05) is 18.6 Å². The monoisotopic (exact) mass is 255 g/mol. The van der Waals surface area contributed by atoms with E-state index in [-0.39, 0.29) is 24.8 Å². The van der Waals surface area contributed by atoms with Gasteiger partial charge in [0, 0.05) is 13.0 Å². The lowest BCUT2D eigenvalue weighted by Gasteiger charge is -2.13. The van der Waals surface area contributed by atoms with Gasteiger partial charge in [-0.05, 0) is 0 Å². The van der Waals surface area contributed by atoms with Crippen LogP contribution in [-0.4, -0.2) is 35.5 Å². The number of rotatable bonds is 2. The highest BCUT2D eigenvalue weighted by molar-refractivity contribution is 6.30. The van der Waals surface area contributed by atoms with Gasteiger partial charge in [0.05, 0.1) is 30.4 Å². The molecular formula is C10H10ClN3O3. The van der Waals surface area contributed by atoms with Gasteiger partial charge in [-0.2, -0.15) is 0 Å². The lowest BCUT2D eigenvalue weighted by molar-refractivity contribution is -0.145. The molecule has 1 fully saturated rings. The van der Waals surface area contributed by atoms with Crippen LogP contribution < -0.4 is 4.90 Å². The second-order valence-corrected chi connectivity index (χ2v) is 4.07. The maximum atomic E-state index is 11.7. The quantitative estimate of drug-likeness (QED) is 0.726. The first kappa shape index (κ1) is 11.8. The number of hydrogen-bond acceptors (Lipinski definition) is 5. The summed E-state index contributed by atoms with van der Waals surface area (Å²) in [4.78, 5) is 32.3. The van der Waals surface area contributed by atoms with Crippen molar-refractivity contribution >= 4 is 29.4 Å². The maximum Gasteiger partial charge on any atom is 0.311 e. The number of methoxy groups -OCH3 is 1. The van der Waals surface area contributed by atoms with Gasteiger partial charge in [0.1, 0.15) is 0 Å². The van der Waals surface area contributed by atoms with Crippen molar-refractivity contribution in [1.29, 1.82) is 0 Å². The zero-order valence-electron chi connectivity index (χ0n) is 9.09. The topological polar surface area (TPSA) is 72.4 Å². The predicted octanol–water partition coefficient (Wildman–Crippen LogP) is 0.656. The number of amides is 1. The first-order valence-corrected chi connectivity index (χ1v) is 5.35. The van der Waals surface area contributed by atoms with E-state index in [2.05, 4.69) is 14.7 Å². The lowest BCUT2D eigenvalue weighted by Crippen LogP contribution is -2.27. The van der Waals surface area contributed by atoms with Crippen LogP contribution in [0.1, 0.15) is 6.42 Å². The van der Waals surface area contributed by atoms with Crippen molar-refractivity contribution in [3.8, 4) is 0 Å². The Kier molecular flexibility index (Phi) is 3.23. The SMILES string of the molecule is COC(=O)C1CC(=O)N(c2ncc(Cl)cn2)C1. The third-order valence-electron chi connectivity index (χ3n) is 2.51. The first-order valence-electron chi connectivity index (χ1n) is 4.97. The molecule has 1 amide bonds. The molecule has 90 valence electrons. The minimum atomic E-state index is -0.452. The Labute approximate surface area is 103 Å². The molecule has 0 N–H and O–H groups in total. The van der Waals surface area contributed by atoms with E-state index in [1.165, 1.54) is 24.4 Å². The summed E-state index contributed by atoms with van der Waals surface area (Å²) in [5, 5.41) is 0.393. The molecule has 1 atom stereocenters. The highest BCUT2D eigenvalue weighted by Gasteiger charge is 2.36. The Morgan fingerprint density at radius 3 is 2.76 bits per heavy atom. The Balaban J connectivity index is 2.15. The van der Waals surface area contributed by atoms with Gasteiger partial charge in [-0.1, -0.05) is 11.6 Å². The van der Waals surface area contributed by atoms with E-state index in [4.69, 9.17) is 11.6 Å². The molecule has 1 aromatic heterocycles. The average Bonchev–Trinajstić information content (AvgIpc) is 2.71. The van der Waals surface area contributed by atoms with Crippen LogP contribution >= 0.6 is 11.6 Å². The number of carbonyl (C=O) groups excluding carboxylic acids is 2. The fourth-order valence-electron chi connectivity index (χ4n) is 1.67. The zero-order valence-corrected chi connectivity index (χ0v) is 9.85. The van der Waals surface area contributed by atoms with Crippen LogP contribution in [0.25, 0.3) is 0 Å². The van der Waals surface area contributed by atoms with Crippen LogP contribution in [-0.2, 0) is 14.3 Å². The number of anilines is 1. The molecule has 1 saturated heterocycles. The van der Waals surface area contributed by atoms with Crippen molar-refractivity contribution in [1.82, 2.24) is 9.97 Å². The number of aromatic nitrogens is 2. The summed E-state index contributed by atoms with van der Waals surface area (Å²) in [7, 11) is 1.30. The van der Waals surface area contributed by atoms with Crippen LogP contribution in [0, 0.1) is 5.92 Å². The van der Waals surface area contributed by atoms with E-state index in [1.54, 1.807) is 0 Å². The third-order valence-corrected chi connectivity index (χ3v) is 2.70. The van der Waals surface area contributed by atoms with E-state index >= 15 is 0 Å². The molecule has 0 aromatic carbocycles. The molecule has 0 aliphatic carbocycles. The van der Waals surface area contributed by atoms with Crippen molar-refractivity contribution in [3.63, 3.8) is 0 Å². The summed E-state index contributed by atoms with van der Waals surface area (Å²) in [6.45, 7) is 0.243. The van der Waals surface area contributed by atoms with E-state index in [0.717, 1.165) is 0 Å². The molecule has 0 saturated carbocycles. The van der Waals surface area contributed by atoms with Gasteiger partial charge < -0.3 is 4.74 Å². The molecule has 1 unspecified atom stereocenters. The average molecular weight is 256 g/mol. The summed E-state index contributed by atoms with van der Waals surface area (Å²) >= 11 is 5.65. The van der Waals surface area contributed by atoms with Gasteiger partial charge in [-0.15, -0.1) is 0 Å². The van der Waals surface area contributed by atoms with Gasteiger partial charge in [0.15, 0.2) is 0 Å². The molecule has 0 spiro atoms. The Hall–Kier alpha value is -1.69. The summed E-state index contributed by atoms with van der Waals surface area (Å²) in [5.74, 6) is -0.782. The summed E-state index contributed by atoms with van der Waals surface area (Å²) in [6, 6.07) is 0. The Bertz CT molecular complexity index is 449. The predicted molar refractivity (Wildman–Crippen MR) is 59.5 cm³/mol. The van der Waals surface area contributed by atoms with Crippen LogP contribution in [0.15, 0.2) is 12.4 Å². The molecule has 6 nitrogen and oxygen atoms in total. The molecule has 0 radical (unpaired) electrons. The number of ether oxygens (including phenoxy) is 1. The maximum absolute atomic E-state index is 11.7. The van der Waals surface area contributed by atoms with E-state index in [9.17, 15) is 9.59 Å². The van der Waals surface area contributed by atoms with Crippen molar-refractivity contribution in [3.05, 3.63) is 17.4 Å². The number of esters is 1. The van der Waals surface area contributed by atoms with Gasteiger partial charge in [-0.3, -0.25) is 14.5 Å². The Morgan fingerprint density at radius 2 is 2.18 bits per heavy atom. The fraction of sp³-hybridized carbons (Fsp3) is 0.400. The highest BCUT2D eigenvalue weighted by Crippen LogP contribution is 2.23. The first-order chi connectivity index (χ1) is 8.11. The molecule has 2 heterocycles. The van der Waals surface area contributed by atoms with Gasteiger partial charge >= 0.3 is 5.97 Å². The standard InChI is InChI=1S/C10H10ClN3O3/c1-17-9(16)6-2-8(15)14(5-6)10-12-3-7(11)4-13-10/h3-4,6H,2,5H2,1H3. The summed E-state index contributed by atoms with van der Waals surface area (Å²) < 4.78 is 4.61. The second-order valence-electron chi connectivity index (χ2n) is 3.63. The molecule has 17 heavy (non-hydrogen) atoms. The molecule has 2 rings (SSSR count). The van der Waals surface area contributed by atoms with Gasteiger partial charge in [-0.25, -0.2) is 9.97 Å². The number of nitrogens with zero attached hydrogens (tertiary/aromatic N) is 3. The van der Waals surface area contributed by atoms with Crippen molar-refractivity contribution < 1.29 is 14.3 Å². The van der Waals surface area contributed by atoms with Crippen LogP contribution in [0.5, 0.6) is 0 Å². The van der Waals surface area contributed by atoms with Crippen LogP contribution in [0.3, 0.4) is 0 Å².